The SMILES string of the molecule is COC(=O)[C@@]1(Cn2ccnc2)[C@H](c2ccc(OC)cc2)CN(C)[C@]12C(=O)Nc1ccccc12. The Bertz CT molecular complexity index is 1190. The third kappa shape index (κ3) is 2.77. The molecule has 3 atom stereocenters. The Hall–Kier alpha value is -3.65. The van der Waals surface area contributed by atoms with Crippen LogP contribution in [-0.2, 0) is 26.4 Å². The average Bonchev–Trinajstić information content (AvgIpc) is 3.52. The van der Waals surface area contributed by atoms with E-state index in [9.17, 15) is 9.59 Å². The van der Waals surface area contributed by atoms with Gasteiger partial charge in [-0.3, -0.25) is 14.5 Å². The lowest BCUT2D eigenvalue weighted by Gasteiger charge is -2.44. The van der Waals surface area contributed by atoms with Crippen LogP contribution in [0.15, 0.2) is 67.3 Å². The van der Waals surface area contributed by atoms with E-state index < -0.39 is 16.9 Å². The number of amides is 1. The number of ether oxygens (including phenoxy) is 2. The van der Waals surface area contributed by atoms with Gasteiger partial charge in [0, 0.05) is 42.7 Å². The number of nitrogens with one attached hydrogen (secondary N) is 1. The van der Waals surface area contributed by atoms with E-state index in [-0.39, 0.29) is 18.4 Å². The van der Waals surface area contributed by atoms with Gasteiger partial charge in [-0.2, -0.15) is 0 Å². The Morgan fingerprint density at radius 3 is 2.61 bits per heavy atom. The minimum Gasteiger partial charge on any atom is -0.497 e. The molecule has 0 radical (unpaired) electrons. The van der Waals surface area contributed by atoms with E-state index in [1.54, 1.807) is 25.8 Å². The van der Waals surface area contributed by atoms with E-state index in [0.717, 1.165) is 16.9 Å². The molecule has 3 heterocycles. The summed E-state index contributed by atoms with van der Waals surface area (Å²) in [6.07, 6.45) is 5.14. The third-order valence-electron chi connectivity index (χ3n) is 7.22. The minimum atomic E-state index is -1.26. The van der Waals surface area contributed by atoms with E-state index >= 15 is 0 Å². The van der Waals surface area contributed by atoms with Crippen LogP contribution in [-0.4, -0.2) is 54.1 Å². The Kier molecular flexibility index (Phi) is 4.97. The van der Waals surface area contributed by atoms with Gasteiger partial charge in [0.05, 0.1) is 20.5 Å². The second-order valence-electron chi connectivity index (χ2n) is 8.61. The molecule has 1 fully saturated rings. The molecule has 170 valence electrons. The van der Waals surface area contributed by atoms with Gasteiger partial charge in [0.1, 0.15) is 16.7 Å². The van der Waals surface area contributed by atoms with Crippen LogP contribution in [0.4, 0.5) is 5.69 Å². The van der Waals surface area contributed by atoms with Gasteiger partial charge in [-0.25, -0.2) is 4.98 Å². The lowest BCUT2D eigenvalue weighted by atomic mass is 9.60. The molecule has 1 aromatic heterocycles. The van der Waals surface area contributed by atoms with E-state index in [1.807, 2.05) is 65.0 Å². The molecular weight excluding hydrogens is 420 g/mol. The number of methoxy groups -OCH3 is 2. The number of hydrogen-bond donors (Lipinski definition) is 1. The highest BCUT2D eigenvalue weighted by atomic mass is 16.5. The van der Waals surface area contributed by atoms with Crippen molar-refractivity contribution in [2.75, 3.05) is 33.1 Å². The van der Waals surface area contributed by atoms with Gasteiger partial charge in [0.25, 0.3) is 5.91 Å². The Labute approximate surface area is 192 Å². The van der Waals surface area contributed by atoms with Crippen LogP contribution in [0.3, 0.4) is 0 Å². The number of carbonyl (C=O) groups excluding carboxylic acids is 2. The number of para-hydroxylation sites is 1. The molecule has 0 bridgehead atoms. The lowest BCUT2D eigenvalue weighted by Crippen LogP contribution is -2.60. The van der Waals surface area contributed by atoms with E-state index in [2.05, 4.69) is 10.3 Å². The largest absolute Gasteiger partial charge is 0.497 e. The number of benzene rings is 2. The first-order valence-electron chi connectivity index (χ1n) is 10.8. The highest BCUT2D eigenvalue weighted by Gasteiger charge is 2.74. The normalized spacial score (nSPS) is 26.3. The van der Waals surface area contributed by atoms with Crippen LogP contribution >= 0.6 is 0 Å². The smallest absolute Gasteiger partial charge is 0.317 e. The maximum absolute atomic E-state index is 13.9. The Balaban J connectivity index is 1.81. The van der Waals surface area contributed by atoms with Crippen LogP contribution in [0.2, 0.25) is 0 Å². The van der Waals surface area contributed by atoms with Gasteiger partial charge >= 0.3 is 5.97 Å². The van der Waals surface area contributed by atoms with E-state index in [4.69, 9.17) is 9.47 Å². The number of aromatic nitrogens is 2. The summed E-state index contributed by atoms with van der Waals surface area (Å²) in [6, 6.07) is 15.2. The van der Waals surface area contributed by atoms with Crippen molar-refractivity contribution >= 4 is 17.6 Å². The lowest BCUT2D eigenvalue weighted by molar-refractivity contribution is -0.165. The summed E-state index contributed by atoms with van der Waals surface area (Å²) in [5.41, 5.74) is -0.0986. The topological polar surface area (TPSA) is 85.7 Å². The summed E-state index contributed by atoms with van der Waals surface area (Å²) in [5.74, 6) is -0.275. The summed E-state index contributed by atoms with van der Waals surface area (Å²) in [6.45, 7) is 0.709. The molecule has 8 nitrogen and oxygen atoms in total. The third-order valence-corrected chi connectivity index (χ3v) is 7.22. The fourth-order valence-corrected chi connectivity index (χ4v) is 5.88. The van der Waals surface area contributed by atoms with Gasteiger partial charge in [-0.05, 0) is 30.8 Å². The van der Waals surface area contributed by atoms with E-state index in [1.165, 1.54) is 7.11 Å². The maximum Gasteiger partial charge on any atom is 0.317 e. The number of carbonyl (C=O) groups is 2. The average molecular weight is 447 g/mol. The van der Waals surface area contributed by atoms with Crippen LogP contribution < -0.4 is 10.1 Å². The zero-order valence-corrected chi connectivity index (χ0v) is 18.8. The fourth-order valence-electron chi connectivity index (χ4n) is 5.88. The van der Waals surface area contributed by atoms with Crippen molar-refractivity contribution in [2.24, 2.45) is 5.41 Å². The Morgan fingerprint density at radius 2 is 1.94 bits per heavy atom. The number of nitrogens with zero attached hydrogens (tertiary/aromatic N) is 3. The molecular formula is C25H26N4O4. The van der Waals surface area contributed by atoms with Crippen molar-refractivity contribution in [3.8, 4) is 5.75 Å². The summed E-state index contributed by atoms with van der Waals surface area (Å²) >= 11 is 0. The molecule has 1 saturated heterocycles. The second-order valence-corrected chi connectivity index (χ2v) is 8.61. The van der Waals surface area contributed by atoms with Crippen molar-refractivity contribution in [1.29, 1.82) is 0 Å². The molecule has 8 heteroatoms. The standard InChI is InChI=1S/C25H26N4O4/c1-28-14-20(17-8-10-18(32-2)11-9-17)24(23(31)33-3,15-29-13-12-26-16-29)25(28)19-6-4-5-7-21(19)27-22(25)30/h4-13,16,20H,14-15H2,1-3H3,(H,27,30)/t20-,24+,25+/m0/s1. The molecule has 5 rings (SSSR count). The molecule has 1 amide bonds. The summed E-state index contributed by atoms with van der Waals surface area (Å²) in [4.78, 5) is 34.0. The molecule has 1 spiro atoms. The predicted octanol–water partition coefficient (Wildman–Crippen LogP) is 2.63. The number of anilines is 1. The number of imidazole rings is 1. The molecule has 2 aromatic carbocycles. The number of likely N-dealkylation sites (tertiary alicyclic amines) is 1. The summed E-state index contributed by atoms with van der Waals surface area (Å²) in [7, 11) is 4.90. The van der Waals surface area contributed by atoms with Crippen molar-refractivity contribution in [3.63, 3.8) is 0 Å². The molecule has 2 aliphatic heterocycles. The van der Waals surface area contributed by atoms with E-state index in [0.29, 0.717) is 12.2 Å². The molecule has 33 heavy (non-hydrogen) atoms. The van der Waals surface area contributed by atoms with Crippen LogP contribution in [0.5, 0.6) is 5.75 Å². The Morgan fingerprint density at radius 1 is 1.18 bits per heavy atom. The van der Waals surface area contributed by atoms with Gasteiger partial charge in [0.2, 0.25) is 0 Å². The number of likely N-dealkylation sites (N-methyl/N-ethyl adjacent to an activating group) is 1. The van der Waals surface area contributed by atoms with Crippen LogP contribution in [0, 0.1) is 5.41 Å². The van der Waals surface area contributed by atoms with Gasteiger partial charge < -0.3 is 19.4 Å². The quantitative estimate of drug-likeness (QED) is 0.607. The monoisotopic (exact) mass is 446 g/mol. The van der Waals surface area contributed by atoms with Crippen molar-refractivity contribution < 1.29 is 19.1 Å². The molecule has 1 N–H and O–H groups in total. The predicted molar refractivity (Wildman–Crippen MR) is 122 cm³/mol. The second kappa shape index (κ2) is 7.74. The first-order valence-corrected chi connectivity index (χ1v) is 10.8. The highest BCUT2D eigenvalue weighted by Crippen LogP contribution is 2.63. The highest BCUT2D eigenvalue weighted by molar-refractivity contribution is 6.10. The molecule has 0 aliphatic carbocycles. The van der Waals surface area contributed by atoms with Gasteiger partial charge in [-0.1, -0.05) is 30.3 Å². The molecule has 0 unspecified atom stereocenters. The zero-order valence-electron chi connectivity index (χ0n) is 18.8. The number of rotatable bonds is 5. The molecule has 2 aliphatic rings. The number of esters is 1. The summed E-state index contributed by atoms with van der Waals surface area (Å²) < 4.78 is 12.7. The maximum atomic E-state index is 13.9. The molecule has 3 aromatic rings. The number of hydrogen-bond acceptors (Lipinski definition) is 6. The van der Waals surface area contributed by atoms with Crippen molar-refractivity contribution in [1.82, 2.24) is 14.5 Å². The minimum absolute atomic E-state index is 0.225. The fraction of sp³-hybridized carbons (Fsp3) is 0.320. The first-order chi connectivity index (χ1) is 16.0. The van der Waals surface area contributed by atoms with Gasteiger partial charge in [-0.15, -0.1) is 0 Å². The van der Waals surface area contributed by atoms with Crippen molar-refractivity contribution in [3.05, 3.63) is 78.4 Å². The molecule has 0 saturated carbocycles. The van der Waals surface area contributed by atoms with Gasteiger partial charge in [0.15, 0.2) is 0 Å². The van der Waals surface area contributed by atoms with Crippen LogP contribution in [0.25, 0.3) is 0 Å². The van der Waals surface area contributed by atoms with Crippen molar-refractivity contribution in [2.45, 2.75) is 18.0 Å². The summed E-state index contributed by atoms with van der Waals surface area (Å²) in [5, 5.41) is 3.03. The number of fused-ring (bicyclic) bond motifs is 2. The van der Waals surface area contributed by atoms with Crippen LogP contribution in [0.1, 0.15) is 17.0 Å². The zero-order chi connectivity index (χ0) is 23.2. The first kappa shape index (κ1) is 21.2.